The highest BCUT2D eigenvalue weighted by atomic mass is 15.2. The fourth-order valence-corrected chi connectivity index (χ4v) is 3.78. The maximum absolute atomic E-state index is 3.78. The minimum absolute atomic E-state index is 0.511. The maximum Gasteiger partial charge on any atom is 0.0196 e. The van der Waals surface area contributed by atoms with Gasteiger partial charge in [-0.15, -0.1) is 0 Å². The van der Waals surface area contributed by atoms with E-state index < -0.39 is 0 Å². The molecule has 1 atom stereocenters. The topological polar surface area (TPSA) is 15.3 Å². The van der Waals surface area contributed by atoms with Crippen molar-refractivity contribution in [2.45, 2.75) is 64.5 Å². The van der Waals surface area contributed by atoms with Crippen molar-refractivity contribution in [3.8, 4) is 0 Å². The molecule has 98 valence electrons. The number of rotatable bonds is 1. The minimum Gasteiger partial charge on any atom is -0.311 e. The van der Waals surface area contributed by atoms with Crippen LogP contribution in [0, 0.1) is 11.3 Å². The fraction of sp³-hybridized carbons (Fsp3) is 1.00. The molecule has 3 rings (SSSR count). The highest BCUT2D eigenvalue weighted by molar-refractivity contribution is 5.04. The Morgan fingerprint density at radius 1 is 1.18 bits per heavy atom. The summed E-state index contributed by atoms with van der Waals surface area (Å²) in [6.45, 7) is 11.1. The smallest absolute Gasteiger partial charge is 0.0196 e. The molecule has 2 heteroatoms. The largest absolute Gasteiger partial charge is 0.311 e. The van der Waals surface area contributed by atoms with E-state index in [2.05, 4.69) is 31.0 Å². The SMILES string of the molecule is CC(C)(C)C1CN(C2CCNC3(CCC3)C2)C1. The molecule has 0 bridgehead atoms. The lowest BCUT2D eigenvalue weighted by Gasteiger charge is -2.55. The molecular formula is C15H28N2. The van der Waals surface area contributed by atoms with Gasteiger partial charge in [0.1, 0.15) is 0 Å². The summed E-state index contributed by atoms with van der Waals surface area (Å²) >= 11 is 0. The first-order chi connectivity index (χ1) is 7.99. The molecule has 3 fully saturated rings. The van der Waals surface area contributed by atoms with Crippen molar-refractivity contribution in [3.63, 3.8) is 0 Å². The summed E-state index contributed by atoms with van der Waals surface area (Å²) in [5.74, 6) is 0.926. The van der Waals surface area contributed by atoms with Crippen LogP contribution in [0.3, 0.4) is 0 Å². The fourth-order valence-electron chi connectivity index (χ4n) is 3.78. The summed E-state index contributed by atoms with van der Waals surface area (Å²) in [7, 11) is 0. The van der Waals surface area contributed by atoms with Crippen molar-refractivity contribution in [1.29, 1.82) is 0 Å². The summed E-state index contributed by atoms with van der Waals surface area (Å²) in [6, 6.07) is 0.884. The predicted molar refractivity (Wildman–Crippen MR) is 72.1 cm³/mol. The summed E-state index contributed by atoms with van der Waals surface area (Å²) < 4.78 is 0. The van der Waals surface area contributed by atoms with Crippen LogP contribution < -0.4 is 5.32 Å². The van der Waals surface area contributed by atoms with Crippen molar-refractivity contribution in [2.75, 3.05) is 19.6 Å². The van der Waals surface area contributed by atoms with Crippen LogP contribution in [0.25, 0.3) is 0 Å². The summed E-state index contributed by atoms with van der Waals surface area (Å²) in [4.78, 5) is 2.76. The van der Waals surface area contributed by atoms with Crippen LogP contribution in [-0.4, -0.2) is 36.1 Å². The van der Waals surface area contributed by atoms with E-state index in [0.717, 1.165) is 12.0 Å². The Balaban J connectivity index is 1.53. The molecule has 17 heavy (non-hydrogen) atoms. The van der Waals surface area contributed by atoms with Crippen molar-refractivity contribution < 1.29 is 0 Å². The van der Waals surface area contributed by atoms with E-state index in [9.17, 15) is 0 Å². The van der Waals surface area contributed by atoms with Gasteiger partial charge in [0.25, 0.3) is 0 Å². The van der Waals surface area contributed by atoms with Gasteiger partial charge in [-0.25, -0.2) is 0 Å². The average molecular weight is 236 g/mol. The first-order valence-electron chi connectivity index (χ1n) is 7.48. The third-order valence-corrected chi connectivity index (χ3v) is 5.57. The van der Waals surface area contributed by atoms with E-state index >= 15 is 0 Å². The molecule has 3 aliphatic rings. The normalized spacial score (nSPS) is 34.4. The van der Waals surface area contributed by atoms with E-state index in [1.807, 2.05) is 0 Å². The zero-order valence-corrected chi connectivity index (χ0v) is 11.8. The summed E-state index contributed by atoms with van der Waals surface area (Å²) in [6.07, 6.45) is 7.10. The van der Waals surface area contributed by atoms with Gasteiger partial charge in [0.05, 0.1) is 0 Å². The van der Waals surface area contributed by atoms with E-state index in [4.69, 9.17) is 0 Å². The molecule has 0 aromatic carbocycles. The van der Waals surface area contributed by atoms with Crippen LogP contribution in [-0.2, 0) is 0 Å². The molecule has 1 N–H and O–H groups in total. The zero-order chi connectivity index (χ0) is 12.1. The first-order valence-corrected chi connectivity index (χ1v) is 7.48. The third-order valence-electron chi connectivity index (χ3n) is 5.57. The van der Waals surface area contributed by atoms with Crippen LogP contribution in [0.1, 0.15) is 52.9 Å². The molecule has 0 aromatic rings. The Hall–Kier alpha value is -0.0800. The molecule has 1 unspecified atom stereocenters. The zero-order valence-electron chi connectivity index (χ0n) is 11.8. The minimum atomic E-state index is 0.511. The molecule has 1 aliphatic carbocycles. The van der Waals surface area contributed by atoms with Crippen molar-refractivity contribution in [1.82, 2.24) is 10.2 Å². The Labute approximate surface area is 106 Å². The predicted octanol–water partition coefficient (Wildman–Crippen LogP) is 2.64. The Morgan fingerprint density at radius 2 is 1.88 bits per heavy atom. The highest BCUT2D eigenvalue weighted by Gasteiger charge is 2.45. The van der Waals surface area contributed by atoms with E-state index in [-0.39, 0.29) is 0 Å². The molecule has 0 radical (unpaired) electrons. The van der Waals surface area contributed by atoms with Gasteiger partial charge >= 0.3 is 0 Å². The van der Waals surface area contributed by atoms with Gasteiger partial charge in [0.2, 0.25) is 0 Å². The van der Waals surface area contributed by atoms with Gasteiger partial charge < -0.3 is 5.32 Å². The highest BCUT2D eigenvalue weighted by Crippen LogP contribution is 2.42. The number of nitrogens with zero attached hydrogens (tertiary/aromatic N) is 1. The average Bonchev–Trinajstić information content (AvgIpc) is 2.11. The molecule has 1 spiro atoms. The molecular weight excluding hydrogens is 208 g/mol. The number of nitrogens with one attached hydrogen (secondary N) is 1. The molecule has 2 heterocycles. The molecule has 2 nitrogen and oxygen atoms in total. The van der Waals surface area contributed by atoms with Gasteiger partial charge in [-0.3, -0.25) is 4.90 Å². The number of piperidine rings is 1. The second-order valence-corrected chi connectivity index (χ2v) is 7.72. The van der Waals surface area contributed by atoms with E-state index in [0.29, 0.717) is 11.0 Å². The number of likely N-dealkylation sites (tertiary alicyclic amines) is 1. The van der Waals surface area contributed by atoms with Gasteiger partial charge in [-0.05, 0) is 50.0 Å². The Morgan fingerprint density at radius 3 is 2.41 bits per heavy atom. The lowest BCUT2D eigenvalue weighted by molar-refractivity contribution is -0.0382. The van der Waals surface area contributed by atoms with Gasteiger partial charge in [-0.1, -0.05) is 20.8 Å². The van der Waals surface area contributed by atoms with Crippen molar-refractivity contribution in [2.24, 2.45) is 11.3 Å². The molecule has 0 aromatic heterocycles. The molecule has 0 amide bonds. The van der Waals surface area contributed by atoms with Gasteiger partial charge in [0, 0.05) is 24.7 Å². The number of hydrogen-bond donors (Lipinski definition) is 1. The molecule has 2 saturated heterocycles. The van der Waals surface area contributed by atoms with Gasteiger partial charge in [-0.2, -0.15) is 0 Å². The lowest BCUT2D eigenvalue weighted by atomic mass is 9.68. The van der Waals surface area contributed by atoms with E-state index in [1.54, 1.807) is 0 Å². The van der Waals surface area contributed by atoms with Crippen LogP contribution in [0.4, 0.5) is 0 Å². The maximum atomic E-state index is 3.78. The monoisotopic (exact) mass is 236 g/mol. The van der Waals surface area contributed by atoms with Crippen LogP contribution >= 0.6 is 0 Å². The van der Waals surface area contributed by atoms with Crippen LogP contribution in [0.15, 0.2) is 0 Å². The summed E-state index contributed by atoms with van der Waals surface area (Å²) in [5.41, 5.74) is 1.08. The Kier molecular flexibility index (Phi) is 2.79. The third kappa shape index (κ3) is 2.15. The first kappa shape index (κ1) is 12.0. The molecule has 2 aliphatic heterocycles. The quantitative estimate of drug-likeness (QED) is 0.753. The second kappa shape index (κ2) is 3.96. The van der Waals surface area contributed by atoms with E-state index in [1.165, 1.54) is 51.7 Å². The van der Waals surface area contributed by atoms with Gasteiger partial charge in [0.15, 0.2) is 0 Å². The lowest BCUT2D eigenvalue weighted by Crippen LogP contribution is -2.64. The number of hydrogen-bond acceptors (Lipinski definition) is 2. The van der Waals surface area contributed by atoms with Crippen molar-refractivity contribution in [3.05, 3.63) is 0 Å². The Bertz CT molecular complexity index is 282. The van der Waals surface area contributed by atoms with Crippen LogP contribution in [0.5, 0.6) is 0 Å². The molecule has 1 saturated carbocycles. The standard InChI is InChI=1S/C15H28N2/c1-14(2,3)12-10-17(11-12)13-5-8-16-15(9-13)6-4-7-15/h12-13,16H,4-11H2,1-3H3. The second-order valence-electron chi connectivity index (χ2n) is 7.72. The van der Waals surface area contributed by atoms with Crippen molar-refractivity contribution >= 4 is 0 Å². The van der Waals surface area contributed by atoms with Crippen LogP contribution in [0.2, 0.25) is 0 Å². The summed E-state index contributed by atoms with van der Waals surface area (Å²) in [5, 5.41) is 3.78.